The molecule has 0 aromatic rings. The first-order chi connectivity index (χ1) is 6.84. The normalized spacial score (nSPS) is 19.8. The molecule has 0 bridgehead atoms. The van der Waals surface area contributed by atoms with Crippen molar-refractivity contribution in [3.05, 3.63) is 0 Å². The van der Waals surface area contributed by atoms with Crippen molar-refractivity contribution < 1.29 is 9.63 Å². The summed E-state index contributed by atoms with van der Waals surface area (Å²) in [7, 11) is 0. The summed E-state index contributed by atoms with van der Waals surface area (Å²) >= 11 is 0. The molecular formula is C11H21NO2. The van der Waals surface area contributed by atoms with Crippen LogP contribution in [0.3, 0.4) is 0 Å². The van der Waals surface area contributed by atoms with Gasteiger partial charge in [-0.1, -0.05) is 32.1 Å². The highest BCUT2D eigenvalue weighted by Crippen LogP contribution is 2.22. The SMILES string of the molecule is CCONC(=O)C1CCCCCCC1. The lowest BCUT2D eigenvalue weighted by Crippen LogP contribution is -2.31. The van der Waals surface area contributed by atoms with Crippen molar-refractivity contribution in [1.29, 1.82) is 0 Å². The van der Waals surface area contributed by atoms with Gasteiger partial charge in [0.2, 0.25) is 5.91 Å². The number of carbonyl (C=O) groups is 1. The maximum Gasteiger partial charge on any atom is 0.246 e. The van der Waals surface area contributed by atoms with E-state index in [4.69, 9.17) is 4.84 Å². The average Bonchev–Trinajstić information content (AvgIpc) is 2.13. The van der Waals surface area contributed by atoms with E-state index in [2.05, 4.69) is 5.48 Å². The third-order valence-corrected chi connectivity index (χ3v) is 2.79. The minimum absolute atomic E-state index is 0.0775. The number of nitrogens with one attached hydrogen (secondary N) is 1. The van der Waals surface area contributed by atoms with Crippen LogP contribution in [0.1, 0.15) is 51.9 Å². The van der Waals surface area contributed by atoms with Crippen LogP contribution in [0.25, 0.3) is 0 Å². The Morgan fingerprint density at radius 1 is 1.21 bits per heavy atom. The Bertz CT molecular complexity index is 163. The Kier molecular flexibility index (Phi) is 5.60. The Balaban J connectivity index is 2.27. The van der Waals surface area contributed by atoms with Crippen LogP contribution < -0.4 is 5.48 Å². The van der Waals surface area contributed by atoms with E-state index in [9.17, 15) is 4.79 Å². The molecule has 0 radical (unpaired) electrons. The first-order valence-corrected chi connectivity index (χ1v) is 5.76. The number of hydrogen-bond acceptors (Lipinski definition) is 2. The molecule has 0 atom stereocenters. The Hall–Kier alpha value is -0.570. The lowest BCUT2D eigenvalue weighted by Gasteiger charge is -2.18. The van der Waals surface area contributed by atoms with E-state index in [-0.39, 0.29) is 11.8 Å². The highest BCUT2D eigenvalue weighted by Gasteiger charge is 2.18. The molecule has 0 aromatic heterocycles. The largest absolute Gasteiger partial charge is 0.274 e. The molecule has 3 nitrogen and oxygen atoms in total. The van der Waals surface area contributed by atoms with Crippen molar-refractivity contribution in [3.8, 4) is 0 Å². The number of amides is 1. The zero-order chi connectivity index (χ0) is 10.2. The van der Waals surface area contributed by atoms with E-state index in [1.165, 1.54) is 32.1 Å². The van der Waals surface area contributed by atoms with Crippen LogP contribution >= 0.6 is 0 Å². The number of rotatable bonds is 3. The maximum absolute atomic E-state index is 11.6. The van der Waals surface area contributed by atoms with E-state index >= 15 is 0 Å². The Labute approximate surface area is 86.2 Å². The van der Waals surface area contributed by atoms with Crippen LogP contribution in [0.15, 0.2) is 0 Å². The van der Waals surface area contributed by atoms with Crippen molar-refractivity contribution in [2.45, 2.75) is 51.9 Å². The predicted molar refractivity (Wildman–Crippen MR) is 55.6 cm³/mol. The standard InChI is InChI=1S/C11H21NO2/c1-2-14-12-11(13)10-8-6-4-3-5-7-9-10/h10H,2-9H2,1H3,(H,12,13). The minimum atomic E-state index is 0.0775. The van der Waals surface area contributed by atoms with Gasteiger partial charge in [0, 0.05) is 5.92 Å². The average molecular weight is 199 g/mol. The van der Waals surface area contributed by atoms with Gasteiger partial charge in [0.1, 0.15) is 0 Å². The van der Waals surface area contributed by atoms with Crippen molar-refractivity contribution >= 4 is 5.91 Å². The molecule has 0 spiro atoms. The van der Waals surface area contributed by atoms with E-state index in [0.717, 1.165) is 12.8 Å². The van der Waals surface area contributed by atoms with Crippen molar-refractivity contribution in [1.82, 2.24) is 5.48 Å². The second-order valence-corrected chi connectivity index (χ2v) is 3.94. The monoisotopic (exact) mass is 199 g/mol. The number of hydroxylamine groups is 1. The van der Waals surface area contributed by atoms with Crippen molar-refractivity contribution in [3.63, 3.8) is 0 Å². The summed E-state index contributed by atoms with van der Waals surface area (Å²) in [6.07, 6.45) is 8.31. The third-order valence-electron chi connectivity index (χ3n) is 2.79. The van der Waals surface area contributed by atoms with Crippen LogP contribution in [0, 0.1) is 5.92 Å². The highest BCUT2D eigenvalue weighted by molar-refractivity contribution is 5.77. The molecular weight excluding hydrogens is 178 g/mol. The fourth-order valence-corrected chi connectivity index (χ4v) is 1.94. The number of hydrogen-bond donors (Lipinski definition) is 1. The van der Waals surface area contributed by atoms with Gasteiger partial charge < -0.3 is 0 Å². The summed E-state index contributed by atoms with van der Waals surface area (Å²) in [6, 6.07) is 0. The van der Waals surface area contributed by atoms with Gasteiger partial charge in [-0.25, -0.2) is 5.48 Å². The lowest BCUT2D eigenvalue weighted by atomic mass is 9.91. The molecule has 0 aromatic carbocycles. The highest BCUT2D eigenvalue weighted by atomic mass is 16.6. The molecule has 0 aliphatic heterocycles. The van der Waals surface area contributed by atoms with Gasteiger partial charge in [0.25, 0.3) is 0 Å². The second kappa shape index (κ2) is 6.82. The predicted octanol–water partition coefficient (Wildman–Crippen LogP) is 2.41. The quantitative estimate of drug-likeness (QED) is 0.709. The topological polar surface area (TPSA) is 38.3 Å². The maximum atomic E-state index is 11.6. The van der Waals surface area contributed by atoms with Crippen LogP contribution in [-0.4, -0.2) is 12.5 Å². The molecule has 1 rings (SSSR count). The van der Waals surface area contributed by atoms with Crippen LogP contribution in [-0.2, 0) is 9.63 Å². The Morgan fingerprint density at radius 3 is 2.36 bits per heavy atom. The molecule has 0 saturated heterocycles. The third kappa shape index (κ3) is 4.09. The minimum Gasteiger partial charge on any atom is -0.274 e. The van der Waals surface area contributed by atoms with E-state index < -0.39 is 0 Å². The molecule has 1 aliphatic carbocycles. The molecule has 1 aliphatic rings. The summed E-state index contributed by atoms with van der Waals surface area (Å²) in [5.41, 5.74) is 2.51. The first kappa shape index (κ1) is 11.5. The first-order valence-electron chi connectivity index (χ1n) is 5.76. The summed E-state index contributed by atoms with van der Waals surface area (Å²) in [6.45, 7) is 2.41. The van der Waals surface area contributed by atoms with Gasteiger partial charge >= 0.3 is 0 Å². The fraction of sp³-hybridized carbons (Fsp3) is 0.909. The summed E-state index contributed by atoms with van der Waals surface area (Å²) < 4.78 is 0. The summed E-state index contributed by atoms with van der Waals surface area (Å²) in [5, 5.41) is 0. The smallest absolute Gasteiger partial charge is 0.246 e. The van der Waals surface area contributed by atoms with Gasteiger partial charge in [-0.3, -0.25) is 9.63 Å². The molecule has 1 N–H and O–H groups in total. The molecule has 14 heavy (non-hydrogen) atoms. The van der Waals surface area contributed by atoms with Crippen LogP contribution in [0.4, 0.5) is 0 Å². The lowest BCUT2D eigenvalue weighted by molar-refractivity contribution is -0.138. The number of carbonyl (C=O) groups excluding carboxylic acids is 1. The van der Waals surface area contributed by atoms with Gasteiger partial charge in [-0.15, -0.1) is 0 Å². The molecule has 82 valence electrons. The second-order valence-electron chi connectivity index (χ2n) is 3.94. The van der Waals surface area contributed by atoms with Gasteiger partial charge in [0.05, 0.1) is 6.61 Å². The summed E-state index contributed by atoms with van der Waals surface area (Å²) in [5.74, 6) is 0.260. The van der Waals surface area contributed by atoms with Crippen molar-refractivity contribution in [2.75, 3.05) is 6.61 Å². The van der Waals surface area contributed by atoms with E-state index in [0.29, 0.717) is 6.61 Å². The summed E-state index contributed by atoms with van der Waals surface area (Å²) in [4.78, 5) is 16.5. The van der Waals surface area contributed by atoms with Gasteiger partial charge in [-0.05, 0) is 19.8 Å². The molecule has 1 amide bonds. The molecule has 0 heterocycles. The van der Waals surface area contributed by atoms with Gasteiger partial charge in [-0.2, -0.15) is 0 Å². The molecule has 3 heteroatoms. The van der Waals surface area contributed by atoms with Crippen LogP contribution in [0.5, 0.6) is 0 Å². The van der Waals surface area contributed by atoms with E-state index in [1.807, 2.05) is 6.92 Å². The fourth-order valence-electron chi connectivity index (χ4n) is 1.94. The Morgan fingerprint density at radius 2 is 1.79 bits per heavy atom. The molecule has 1 saturated carbocycles. The van der Waals surface area contributed by atoms with Gasteiger partial charge in [0.15, 0.2) is 0 Å². The van der Waals surface area contributed by atoms with Crippen LogP contribution in [0.2, 0.25) is 0 Å². The molecule has 0 unspecified atom stereocenters. The zero-order valence-corrected chi connectivity index (χ0v) is 9.05. The van der Waals surface area contributed by atoms with E-state index in [1.54, 1.807) is 0 Å². The molecule has 1 fully saturated rings. The van der Waals surface area contributed by atoms with Crippen molar-refractivity contribution in [2.24, 2.45) is 5.92 Å². The zero-order valence-electron chi connectivity index (χ0n) is 9.05.